The molecule has 5 unspecified atom stereocenters. The molecule has 0 aromatic heterocycles. The van der Waals surface area contributed by atoms with Crippen molar-refractivity contribution >= 4 is 9.84 Å². The maximum Gasteiger partial charge on any atom is 0.151 e. The summed E-state index contributed by atoms with van der Waals surface area (Å²) in [5, 5.41) is 3.54. The maximum atomic E-state index is 11.5. The summed E-state index contributed by atoms with van der Waals surface area (Å²) in [4.78, 5) is 0. The highest BCUT2D eigenvalue weighted by Gasteiger charge is 2.53. The van der Waals surface area contributed by atoms with Gasteiger partial charge in [-0.3, -0.25) is 0 Å². The molecule has 0 aromatic carbocycles. The molecule has 104 valence electrons. The van der Waals surface area contributed by atoms with Crippen LogP contribution in [0.3, 0.4) is 0 Å². The van der Waals surface area contributed by atoms with Crippen molar-refractivity contribution in [2.45, 2.75) is 45.1 Å². The summed E-state index contributed by atoms with van der Waals surface area (Å²) in [5.74, 6) is 4.37. The maximum absolute atomic E-state index is 11.5. The number of fused-ring (bicyclic) bond motifs is 5. The van der Waals surface area contributed by atoms with Crippen LogP contribution in [0, 0.1) is 23.7 Å². The highest BCUT2D eigenvalue weighted by atomic mass is 32.2. The minimum Gasteiger partial charge on any atom is -0.313 e. The van der Waals surface area contributed by atoms with Crippen molar-refractivity contribution in [3.05, 3.63) is 0 Å². The Morgan fingerprint density at radius 1 is 1.11 bits per heavy atom. The first-order valence-electron chi connectivity index (χ1n) is 7.54. The van der Waals surface area contributed by atoms with Crippen molar-refractivity contribution < 1.29 is 8.42 Å². The fourth-order valence-electron chi connectivity index (χ4n) is 4.85. The minimum absolute atomic E-state index is 0.274. The first kappa shape index (κ1) is 12.9. The van der Waals surface area contributed by atoms with Crippen molar-refractivity contribution in [1.29, 1.82) is 0 Å². The molecule has 0 aliphatic heterocycles. The first-order valence-corrected chi connectivity index (χ1v) is 9.36. The molecule has 0 heterocycles. The fourth-order valence-corrected chi connectivity index (χ4v) is 5.56. The van der Waals surface area contributed by atoms with Gasteiger partial charge in [-0.25, -0.2) is 8.42 Å². The highest BCUT2D eigenvalue weighted by molar-refractivity contribution is 7.91. The van der Waals surface area contributed by atoms with E-state index < -0.39 is 9.84 Å². The molecule has 18 heavy (non-hydrogen) atoms. The van der Waals surface area contributed by atoms with Crippen LogP contribution in [0.4, 0.5) is 0 Å². The van der Waals surface area contributed by atoms with Crippen LogP contribution >= 0.6 is 0 Å². The molecule has 3 nitrogen and oxygen atoms in total. The lowest BCUT2D eigenvalue weighted by Crippen LogP contribution is -2.41. The van der Waals surface area contributed by atoms with Gasteiger partial charge in [-0.15, -0.1) is 0 Å². The molecule has 0 saturated heterocycles. The monoisotopic (exact) mass is 271 g/mol. The summed E-state index contributed by atoms with van der Waals surface area (Å²) >= 11 is 0. The van der Waals surface area contributed by atoms with Gasteiger partial charge < -0.3 is 5.32 Å². The van der Waals surface area contributed by atoms with Crippen LogP contribution in [0.25, 0.3) is 0 Å². The van der Waals surface area contributed by atoms with Crippen molar-refractivity contribution in [2.75, 3.05) is 18.1 Å². The van der Waals surface area contributed by atoms with Gasteiger partial charge in [0.25, 0.3) is 0 Å². The summed E-state index contributed by atoms with van der Waals surface area (Å²) < 4.78 is 23.0. The van der Waals surface area contributed by atoms with Crippen LogP contribution in [0.1, 0.15) is 39.0 Å². The van der Waals surface area contributed by atoms with Gasteiger partial charge in [0.1, 0.15) is 0 Å². The van der Waals surface area contributed by atoms with Crippen LogP contribution in [-0.2, 0) is 9.84 Å². The zero-order valence-corrected chi connectivity index (χ0v) is 12.1. The number of hydrogen-bond acceptors (Lipinski definition) is 3. The molecule has 3 fully saturated rings. The lowest BCUT2D eigenvalue weighted by molar-refractivity contribution is 0.211. The van der Waals surface area contributed by atoms with E-state index in [1.165, 1.54) is 32.1 Å². The van der Waals surface area contributed by atoms with Gasteiger partial charge >= 0.3 is 0 Å². The summed E-state index contributed by atoms with van der Waals surface area (Å²) in [5.41, 5.74) is 0. The Hall–Kier alpha value is -0.0900. The second kappa shape index (κ2) is 4.78. The van der Waals surface area contributed by atoms with Crippen molar-refractivity contribution in [3.63, 3.8) is 0 Å². The molecular weight excluding hydrogens is 246 g/mol. The normalized spacial score (nSPS) is 42.4. The predicted molar refractivity (Wildman–Crippen MR) is 73.2 cm³/mol. The topological polar surface area (TPSA) is 46.2 Å². The average molecular weight is 271 g/mol. The number of nitrogens with one attached hydrogen (secondary N) is 1. The first-order chi connectivity index (χ1) is 8.61. The SMILES string of the molecule is CCS(=O)(=O)CCNC1CC2CC1C1CCCC21. The number of rotatable bonds is 5. The quantitative estimate of drug-likeness (QED) is 0.830. The van der Waals surface area contributed by atoms with E-state index in [1.54, 1.807) is 6.92 Å². The molecule has 0 spiro atoms. The van der Waals surface area contributed by atoms with Crippen molar-refractivity contribution in [1.82, 2.24) is 5.32 Å². The predicted octanol–water partition coefficient (Wildman–Crippen LogP) is 1.84. The van der Waals surface area contributed by atoms with E-state index >= 15 is 0 Å². The Kier molecular flexibility index (Phi) is 3.43. The van der Waals surface area contributed by atoms with E-state index in [0.717, 1.165) is 23.7 Å². The van der Waals surface area contributed by atoms with Crippen LogP contribution in [0.2, 0.25) is 0 Å². The lowest BCUT2D eigenvalue weighted by atomic mass is 9.79. The highest BCUT2D eigenvalue weighted by Crippen LogP contribution is 2.58. The Balaban J connectivity index is 1.51. The standard InChI is InChI=1S/C14H25NO2S/c1-2-18(16,17)7-6-15-14-9-10-8-13(14)12-5-3-4-11(10)12/h10-15H,2-9H2,1H3. The fraction of sp³-hybridized carbons (Fsp3) is 1.00. The van der Waals surface area contributed by atoms with Crippen LogP contribution in [0.15, 0.2) is 0 Å². The Morgan fingerprint density at radius 2 is 1.89 bits per heavy atom. The molecule has 3 aliphatic rings. The molecule has 4 heteroatoms. The van der Waals surface area contributed by atoms with E-state index in [4.69, 9.17) is 0 Å². The Bertz CT molecular complexity index is 406. The number of sulfone groups is 1. The smallest absolute Gasteiger partial charge is 0.151 e. The third-order valence-electron chi connectivity index (χ3n) is 5.69. The average Bonchev–Trinajstić information content (AvgIpc) is 3.00. The molecule has 3 rings (SSSR count). The summed E-state index contributed by atoms with van der Waals surface area (Å²) in [6, 6.07) is 0.612. The third kappa shape index (κ3) is 2.22. The molecule has 0 radical (unpaired) electrons. The molecule has 2 bridgehead atoms. The van der Waals surface area contributed by atoms with Gasteiger partial charge in [-0.1, -0.05) is 13.3 Å². The van der Waals surface area contributed by atoms with E-state index in [9.17, 15) is 8.42 Å². The minimum atomic E-state index is -2.80. The summed E-state index contributed by atoms with van der Waals surface area (Å²) in [6.07, 6.45) is 7.03. The second-order valence-electron chi connectivity index (χ2n) is 6.45. The van der Waals surface area contributed by atoms with Gasteiger partial charge in [-0.2, -0.15) is 0 Å². The van der Waals surface area contributed by atoms with Crippen LogP contribution in [0.5, 0.6) is 0 Å². The Morgan fingerprint density at radius 3 is 2.67 bits per heavy atom. The summed E-state index contributed by atoms with van der Waals surface area (Å²) in [6.45, 7) is 2.39. The molecule has 3 aliphatic carbocycles. The molecule has 3 saturated carbocycles. The lowest BCUT2D eigenvalue weighted by Gasteiger charge is -2.32. The van der Waals surface area contributed by atoms with Crippen LogP contribution in [-0.4, -0.2) is 32.5 Å². The van der Waals surface area contributed by atoms with E-state index in [1.807, 2.05) is 0 Å². The number of hydrogen-bond donors (Lipinski definition) is 1. The molecule has 0 amide bonds. The van der Waals surface area contributed by atoms with Gasteiger partial charge in [-0.05, 0) is 49.4 Å². The second-order valence-corrected chi connectivity index (χ2v) is 8.92. The van der Waals surface area contributed by atoms with Gasteiger partial charge in [0, 0.05) is 18.3 Å². The largest absolute Gasteiger partial charge is 0.313 e. The van der Waals surface area contributed by atoms with Crippen LogP contribution < -0.4 is 5.32 Å². The van der Waals surface area contributed by atoms with E-state index in [2.05, 4.69) is 5.32 Å². The van der Waals surface area contributed by atoms with Gasteiger partial charge in [0.15, 0.2) is 9.84 Å². The van der Waals surface area contributed by atoms with Crippen molar-refractivity contribution in [3.8, 4) is 0 Å². The molecule has 5 atom stereocenters. The molecule has 0 aromatic rings. The van der Waals surface area contributed by atoms with Gasteiger partial charge in [0.05, 0.1) is 5.75 Å². The zero-order valence-electron chi connectivity index (χ0n) is 11.3. The Labute approximate surface area is 111 Å². The van der Waals surface area contributed by atoms with E-state index in [0.29, 0.717) is 18.3 Å². The van der Waals surface area contributed by atoms with Gasteiger partial charge in [0.2, 0.25) is 0 Å². The molecular formula is C14H25NO2S. The van der Waals surface area contributed by atoms with E-state index in [-0.39, 0.29) is 5.75 Å². The zero-order chi connectivity index (χ0) is 12.8. The summed E-state index contributed by atoms with van der Waals surface area (Å²) in [7, 11) is -2.80. The third-order valence-corrected chi connectivity index (χ3v) is 7.39. The molecule has 1 N–H and O–H groups in total. The van der Waals surface area contributed by atoms with Crippen molar-refractivity contribution in [2.24, 2.45) is 23.7 Å².